The quantitative estimate of drug-likeness (QED) is 0.889. The van der Waals surface area contributed by atoms with E-state index >= 15 is 0 Å². The maximum atomic E-state index is 9.19. The lowest BCUT2D eigenvalue weighted by atomic mass is 9.86. The Bertz CT molecular complexity index is 305. The second-order valence-corrected chi connectivity index (χ2v) is 4.56. The van der Waals surface area contributed by atoms with E-state index in [4.69, 9.17) is 4.52 Å². The average Bonchev–Trinajstić information content (AvgIpc) is 2.61. The van der Waals surface area contributed by atoms with Crippen LogP contribution in [0.2, 0.25) is 0 Å². The number of halogens is 1. The summed E-state index contributed by atoms with van der Waals surface area (Å²) in [6.07, 6.45) is 6.16. The van der Waals surface area contributed by atoms with E-state index in [0.717, 1.165) is 24.2 Å². The third-order valence-corrected chi connectivity index (χ3v) is 3.53. The minimum absolute atomic E-state index is 0.00984. The van der Waals surface area contributed by atoms with Gasteiger partial charge in [0.25, 0.3) is 0 Å². The Morgan fingerprint density at radius 1 is 1.36 bits per heavy atom. The molecule has 0 aliphatic heterocycles. The van der Waals surface area contributed by atoms with Gasteiger partial charge in [0.15, 0.2) is 4.60 Å². The van der Waals surface area contributed by atoms with E-state index < -0.39 is 0 Å². The summed E-state index contributed by atoms with van der Waals surface area (Å²) in [6, 6.07) is 0. The number of aliphatic hydroxyl groups excluding tert-OH is 1. The SMILES string of the molecule is OCc1c(Br)noc1C1CCCCC1. The van der Waals surface area contributed by atoms with Gasteiger partial charge in [0.1, 0.15) is 5.76 Å². The first-order valence-corrected chi connectivity index (χ1v) is 5.87. The predicted octanol–water partition coefficient (Wildman–Crippen LogP) is 2.98. The molecule has 0 bridgehead atoms. The van der Waals surface area contributed by atoms with Crippen molar-refractivity contribution in [3.05, 3.63) is 15.9 Å². The molecule has 1 saturated carbocycles. The van der Waals surface area contributed by atoms with E-state index in [1.54, 1.807) is 0 Å². The molecule has 0 saturated heterocycles. The zero-order valence-electron chi connectivity index (χ0n) is 8.00. The Morgan fingerprint density at radius 2 is 2.07 bits per heavy atom. The standard InChI is InChI=1S/C10H14BrNO2/c11-10-8(6-13)9(14-12-10)7-4-2-1-3-5-7/h7,13H,1-6H2. The summed E-state index contributed by atoms with van der Waals surface area (Å²) >= 11 is 3.28. The van der Waals surface area contributed by atoms with Crippen LogP contribution in [0.25, 0.3) is 0 Å². The summed E-state index contributed by atoms with van der Waals surface area (Å²) in [5.41, 5.74) is 0.830. The van der Waals surface area contributed by atoms with Gasteiger partial charge in [0.05, 0.1) is 12.2 Å². The van der Waals surface area contributed by atoms with Gasteiger partial charge in [-0.2, -0.15) is 0 Å². The molecule has 4 heteroatoms. The number of nitrogens with zero attached hydrogens (tertiary/aromatic N) is 1. The third-order valence-electron chi connectivity index (χ3n) is 2.90. The molecule has 78 valence electrons. The number of aromatic nitrogens is 1. The Morgan fingerprint density at radius 3 is 2.71 bits per heavy atom. The Hall–Kier alpha value is -0.350. The number of rotatable bonds is 2. The van der Waals surface area contributed by atoms with Crippen LogP contribution < -0.4 is 0 Å². The highest BCUT2D eigenvalue weighted by molar-refractivity contribution is 9.10. The molecule has 0 amide bonds. The fourth-order valence-corrected chi connectivity index (χ4v) is 2.52. The molecule has 1 aromatic rings. The van der Waals surface area contributed by atoms with Crippen LogP contribution in [0.3, 0.4) is 0 Å². The fourth-order valence-electron chi connectivity index (χ4n) is 2.13. The van der Waals surface area contributed by atoms with Crippen molar-refractivity contribution in [3.63, 3.8) is 0 Å². The van der Waals surface area contributed by atoms with Gasteiger partial charge in [-0.05, 0) is 28.8 Å². The molecule has 1 heterocycles. The number of aliphatic hydroxyl groups is 1. The lowest BCUT2D eigenvalue weighted by molar-refractivity contribution is 0.268. The molecule has 0 unspecified atom stereocenters. The zero-order chi connectivity index (χ0) is 9.97. The van der Waals surface area contributed by atoms with Crippen molar-refractivity contribution in [2.24, 2.45) is 0 Å². The molecule has 0 radical (unpaired) electrons. The van der Waals surface area contributed by atoms with Gasteiger partial charge < -0.3 is 9.63 Å². The molecule has 3 nitrogen and oxygen atoms in total. The number of hydrogen-bond acceptors (Lipinski definition) is 3. The molecule has 1 aliphatic rings. The molecule has 0 atom stereocenters. The lowest BCUT2D eigenvalue weighted by Crippen LogP contribution is -2.05. The summed E-state index contributed by atoms with van der Waals surface area (Å²) in [5, 5.41) is 13.0. The van der Waals surface area contributed by atoms with Gasteiger partial charge in [0, 0.05) is 5.92 Å². The first-order chi connectivity index (χ1) is 6.83. The maximum absolute atomic E-state index is 9.19. The molecule has 0 spiro atoms. The highest BCUT2D eigenvalue weighted by atomic mass is 79.9. The topological polar surface area (TPSA) is 46.3 Å². The van der Waals surface area contributed by atoms with E-state index in [-0.39, 0.29) is 6.61 Å². The largest absolute Gasteiger partial charge is 0.391 e. The summed E-state index contributed by atoms with van der Waals surface area (Å²) in [7, 11) is 0. The molecular weight excluding hydrogens is 246 g/mol. The molecule has 2 rings (SSSR count). The molecular formula is C10H14BrNO2. The van der Waals surface area contributed by atoms with E-state index in [1.165, 1.54) is 19.3 Å². The third kappa shape index (κ3) is 1.86. The summed E-state index contributed by atoms with van der Waals surface area (Å²) in [6.45, 7) is 0.00984. The zero-order valence-corrected chi connectivity index (χ0v) is 9.59. The van der Waals surface area contributed by atoms with Crippen molar-refractivity contribution in [1.29, 1.82) is 0 Å². The normalized spacial score (nSPS) is 18.7. The number of hydrogen-bond donors (Lipinski definition) is 1. The van der Waals surface area contributed by atoms with Crippen LogP contribution in [-0.2, 0) is 6.61 Å². The molecule has 1 aliphatic carbocycles. The maximum Gasteiger partial charge on any atom is 0.155 e. The van der Waals surface area contributed by atoms with Crippen LogP contribution in [0.1, 0.15) is 49.3 Å². The molecule has 1 N–H and O–H groups in total. The van der Waals surface area contributed by atoms with Crippen LogP contribution in [0.4, 0.5) is 0 Å². The van der Waals surface area contributed by atoms with Crippen LogP contribution in [0.5, 0.6) is 0 Å². The Balaban J connectivity index is 2.21. The van der Waals surface area contributed by atoms with Crippen molar-refractivity contribution in [1.82, 2.24) is 5.16 Å². The minimum atomic E-state index is 0.00984. The smallest absolute Gasteiger partial charge is 0.155 e. The van der Waals surface area contributed by atoms with Crippen LogP contribution in [0, 0.1) is 0 Å². The fraction of sp³-hybridized carbons (Fsp3) is 0.700. The van der Waals surface area contributed by atoms with Gasteiger partial charge in [-0.3, -0.25) is 0 Å². The van der Waals surface area contributed by atoms with Crippen molar-refractivity contribution in [3.8, 4) is 0 Å². The summed E-state index contributed by atoms with van der Waals surface area (Å²) < 4.78 is 5.92. The van der Waals surface area contributed by atoms with Crippen LogP contribution in [-0.4, -0.2) is 10.3 Å². The van der Waals surface area contributed by atoms with E-state index in [0.29, 0.717) is 10.5 Å². The molecule has 1 fully saturated rings. The lowest BCUT2D eigenvalue weighted by Gasteiger charge is -2.19. The Kier molecular flexibility index (Phi) is 3.23. The van der Waals surface area contributed by atoms with Gasteiger partial charge in [0.2, 0.25) is 0 Å². The molecule has 0 aromatic carbocycles. The summed E-state index contributed by atoms with van der Waals surface area (Å²) in [4.78, 5) is 0. The van der Waals surface area contributed by atoms with Gasteiger partial charge in [-0.15, -0.1) is 0 Å². The van der Waals surface area contributed by atoms with Crippen molar-refractivity contribution in [2.45, 2.75) is 44.6 Å². The average molecular weight is 260 g/mol. The van der Waals surface area contributed by atoms with E-state index in [9.17, 15) is 5.11 Å². The minimum Gasteiger partial charge on any atom is -0.391 e. The Labute approximate surface area is 91.6 Å². The van der Waals surface area contributed by atoms with Gasteiger partial charge >= 0.3 is 0 Å². The monoisotopic (exact) mass is 259 g/mol. The predicted molar refractivity (Wildman–Crippen MR) is 56.0 cm³/mol. The van der Waals surface area contributed by atoms with Crippen molar-refractivity contribution >= 4 is 15.9 Å². The molecule has 14 heavy (non-hydrogen) atoms. The van der Waals surface area contributed by atoms with Crippen LogP contribution in [0.15, 0.2) is 9.13 Å². The van der Waals surface area contributed by atoms with Gasteiger partial charge in [-0.1, -0.05) is 24.4 Å². The highest BCUT2D eigenvalue weighted by Crippen LogP contribution is 2.36. The van der Waals surface area contributed by atoms with Crippen LogP contribution >= 0.6 is 15.9 Å². The second kappa shape index (κ2) is 4.45. The van der Waals surface area contributed by atoms with Crippen molar-refractivity contribution < 1.29 is 9.63 Å². The first kappa shape index (κ1) is 10.2. The van der Waals surface area contributed by atoms with E-state index in [1.807, 2.05) is 0 Å². The first-order valence-electron chi connectivity index (χ1n) is 5.07. The summed E-state index contributed by atoms with van der Waals surface area (Å²) in [5.74, 6) is 1.35. The van der Waals surface area contributed by atoms with Gasteiger partial charge in [-0.25, -0.2) is 0 Å². The van der Waals surface area contributed by atoms with Crippen molar-refractivity contribution in [2.75, 3.05) is 0 Å². The molecule has 1 aromatic heterocycles. The second-order valence-electron chi connectivity index (χ2n) is 3.81. The van der Waals surface area contributed by atoms with E-state index in [2.05, 4.69) is 21.1 Å². The highest BCUT2D eigenvalue weighted by Gasteiger charge is 2.24.